The van der Waals surface area contributed by atoms with Crippen LogP contribution in [0.25, 0.3) is 0 Å². The first-order valence-corrected chi connectivity index (χ1v) is 7.63. The summed E-state index contributed by atoms with van der Waals surface area (Å²) in [6, 6.07) is 1.40. The third kappa shape index (κ3) is 3.04. The van der Waals surface area contributed by atoms with E-state index in [9.17, 15) is 22.0 Å². The van der Waals surface area contributed by atoms with E-state index in [1.807, 2.05) is 0 Å². The standard InChI is InChI=1S/C12H14F2N2O4S/c1-20-7-4-5-16(6-7)12(17)10-8(13)2-3-9(11(10)14)21(15,18)19/h2-3,7H,4-6H2,1H3,(H2,15,18,19). The van der Waals surface area contributed by atoms with Crippen LogP contribution in [0.5, 0.6) is 0 Å². The third-order valence-electron chi connectivity index (χ3n) is 3.34. The Kier molecular flexibility index (Phi) is 4.26. The Morgan fingerprint density at radius 2 is 2.10 bits per heavy atom. The summed E-state index contributed by atoms with van der Waals surface area (Å²) < 4.78 is 55.4. The third-order valence-corrected chi connectivity index (χ3v) is 4.27. The molecule has 1 atom stereocenters. The van der Waals surface area contributed by atoms with Gasteiger partial charge in [0, 0.05) is 20.2 Å². The molecule has 116 valence electrons. The highest BCUT2D eigenvalue weighted by atomic mass is 32.2. The zero-order valence-corrected chi connectivity index (χ0v) is 12.0. The van der Waals surface area contributed by atoms with E-state index in [0.29, 0.717) is 18.6 Å². The summed E-state index contributed by atoms with van der Waals surface area (Å²) in [6.45, 7) is 0.462. The lowest BCUT2D eigenvalue weighted by Crippen LogP contribution is -2.32. The maximum Gasteiger partial charge on any atom is 0.259 e. The van der Waals surface area contributed by atoms with Crippen LogP contribution < -0.4 is 5.14 Å². The number of hydrogen-bond donors (Lipinski definition) is 1. The maximum atomic E-state index is 14.1. The molecule has 1 aliphatic heterocycles. The molecule has 0 saturated carbocycles. The van der Waals surface area contributed by atoms with Crippen molar-refractivity contribution in [2.45, 2.75) is 17.4 Å². The topological polar surface area (TPSA) is 89.7 Å². The highest BCUT2D eigenvalue weighted by molar-refractivity contribution is 7.89. The lowest BCUT2D eigenvalue weighted by molar-refractivity contribution is 0.0714. The first kappa shape index (κ1) is 15.8. The number of primary sulfonamides is 1. The lowest BCUT2D eigenvalue weighted by atomic mass is 10.1. The van der Waals surface area contributed by atoms with Gasteiger partial charge in [-0.1, -0.05) is 0 Å². The van der Waals surface area contributed by atoms with Gasteiger partial charge in [0.05, 0.1) is 6.10 Å². The number of methoxy groups -OCH3 is 1. The molecular weight excluding hydrogens is 306 g/mol. The highest BCUT2D eigenvalue weighted by Crippen LogP contribution is 2.23. The molecule has 1 aliphatic rings. The minimum absolute atomic E-state index is 0.188. The molecule has 6 nitrogen and oxygen atoms in total. The van der Waals surface area contributed by atoms with Gasteiger partial charge in [-0.05, 0) is 18.6 Å². The molecule has 1 amide bonds. The Balaban J connectivity index is 2.42. The number of ether oxygens (including phenoxy) is 1. The molecule has 2 rings (SSSR count). The molecule has 0 aliphatic carbocycles. The van der Waals surface area contributed by atoms with E-state index in [0.717, 1.165) is 0 Å². The van der Waals surface area contributed by atoms with Gasteiger partial charge < -0.3 is 9.64 Å². The van der Waals surface area contributed by atoms with Gasteiger partial charge in [0.25, 0.3) is 5.91 Å². The zero-order valence-electron chi connectivity index (χ0n) is 11.2. The maximum absolute atomic E-state index is 14.1. The Morgan fingerprint density at radius 1 is 1.43 bits per heavy atom. The first-order chi connectivity index (χ1) is 9.75. The molecule has 9 heteroatoms. The Labute approximate surface area is 120 Å². The minimum Gasteiger partial charge on any atom is -0.380 e. The predicted molar refractivity (Wildman–Crippen MR) is 69.0 cm³/mol. The van der Waals surface area contributed by atoms with Crippen molar-refractivity contribution in [2.75, 3.05) is 20.2 Å². The summed E-state index contributed by atoms with van der Waals surface area (Å²) in [5.74, 6) is -3.52. The van der Waals surface area contributed by atoms with E-state index < -0.39 is 38.0 Å². The molecule has 21 heavy (non-hydrogen) atoms. The van der Waals surface area contributed by atoms with E-state index in [1.54, 1.807) is 0 Å². The van der Waals surface area contributed by atoms with E-state index in [4.69, 9.17) is 9.88 Å². The van der Waals surface area contributed by atoms with Gasteiger partial charge in [-0.3, -0.25) is 4.79 Å². The van der Waals surface area contributed by atoms with Crippen molar-refractivity contribution in [3.05, 3.63) is 29.3 Å². The summed E-state index contributed by atoms with van der Waals surface area (Å²) in [5.41, 5.74) is -0.918. The van der Waals surface area contributed by atoms with Crippen molar-refractivity contribution in [3.63, 3.8) is 0 Å². The van der Waals surface area contributed by atoms with Crippen molar-refractivity contribution in [2.24, 2.45) is 5.14 Å². The number of halogens is 2. The summed E-state index contributed by atoms with van der Waals surface area (Å²) in [5, 5.41) is 4.84. The molecule has 0 radical (unpaired) electrons. The molecule has 1 saturated heterocycles. The molecule has 0 aromatic heterocycles. The molecule has 1 aromatic carbocycles. The van der Waals surface area contributed by atoms with Crippen LogP contribution in [0.4, 0.5) is 8.78 Å². The number of carbonyl (C=O) groups excluding carboxylic acids is 1. The highest BCUT2D eigenvalue weighted by Gasteiger charge is 2.32. The van der Waals surface area contributed by atoms with Crippen LogP contribution in [0.15, 0.2) is 17.0 Å². The second-order valence-electron chi connectivity index (χ2n) is 4.68. The molecular formula is C12H14F2N2O4S. The monoisotopic (exact) mass is 320 g/mol. The number of rotatable bonds is 3. The predicted octanol–water partition coefficient (Wildman–Crippen LogP) is 0.473. The average molecular weight is 320 g/mol. The van der Waals surface area contributed by atoms with Gasteiger partial charge >= 0.3 is 0 Å². The van der Waals surface area contributed by atoms with E-state index in [2.05, 4.69) is 0 Å². The minimum atomic E-state index is -4.38. The average Bonchev–Trinajstić information content (AvgIpc) is 2.85. The van der Waals surface area contributed by atoms with Crippen LogP contribution in [0.3, 0.4) is 0 Å². The smallest absolute Gasteiger partial charge is 0.259 e. The Hall–Kier alpha value is -1.58. The van der Waals surface area contributed by atoms with Gasteiger partial charge in [0.15, 0.2) is 5.82 Å². The van der Waals surface area contributed by atoms with Gasteiger partial charge in [-0.2, -0.15) is 0 Å². The molecule has 1 fully saturated rings. The van der Waals surface area contributed by atoms with Gasteiger partial charge in [-0.25, -0.2) is 22.3 Å². The van der Waals surface area contributed by atoms with E-state index in [-0.39, 0.29) is 19.2 Å². The molecule has 2 N–H and O–H groups in total. The fourth-order valence-corrected chi connectivity index (χ4v) is 2.82. The fraction of sp³-hybridized carbons (Fsp3) is 0.417. The molecule has 1 aromatic rings. The SMILES string of the molecule is COC1CCN(C(=O)c2c(F)ccc(S(N)(=O)=O)c2F)C1. The number of nitrogens with two attached hydrogens (primary N) is 1. The number of benzene rings is 1. The van der Waals surface area contributed by atoms with Crippen LogP contribution >= 0.6 is 0 Å². The van der Waals surface area contributed by atoms with E-state index >= 15 is 0 Å². The number of hydrogen-bond acceptors (Lipinski definition) is 4. The summed E-state index contributed by atoms with van der Waals surface area (Å²) >= 11 is 0. The molecule has 0 bridgehead atoms. The second kappa shape index (κ2) is 5.66. The lowest BCUT2D eigenvalue weighted by Gasteiger charge is -2.17. The van der Waals surface area contributed by atoms with Crippen LogP contribution in [-0.2, 0) is 14.8 Å². The van der Waals surface area contributed by atoms with Crippen molar-refractivity contribution in [1.82, 2.24) is 4.90 Å². The van der Waals surface area contributed by atoms with Crippen molar-refractivity contribution in [3.8, 4) is 0 Å². The number of amides is 1. The van der Waals surface area contributed by atoms with Crippen LogP contribution in [-0.4, -0.2) is 45.5 Å². The summed E-state index contributed by atoms with van der Waals surface area (Å²) in [4.78, 5) is 12.5. The number of sulfonamides is 1. The van der Waals surface area contributed by atoms with Crippen molar-refractivity contribution >= 4 is 15.9 Å². The number of carbonyl (C=O) groups is 1. The molecule has 0 spiro atoms. The van der Waals surface area contributed by atoms with Gasteiger partial charge in [0.2, 0.25) is 10.0 Å². The zero-order chi connectivity index (χ0) is 15.8. The van der Waals surface area contributed by atoms with E-state index in [1.165, 1.54) is 12.0 Å². The fourth-order valence-electron chi connectivity index (χ4n) is 2.21. The van der Waals surface area contributed by atoms with Crippen LogP contribution in [0.1, 0.15) is 16.8 Å². The number of nitrogens with zero attached hydrogens (tertiary/aromatic N) is 1. The summed E-state index contributed by atoms with van der Waals surface area (Å²) in [6.07, 6.45) is 0.335. The normalized spacial score (nSPS) is 19.0. The quantitative estimate of drug-likeness (QED) is 0.877. The van der Waals surface area contributed by atoms with Crippen LogP contribution in [0, 0.1) is 11.6 Å². The second-order valence-corrected chi connectivity index (χ2v) is 6.21. The Morgan fingerprint density at radius 3 is 2.62 bits per heavy atom. The molecule has 1 heterocycles. The van der Waals surface area contributed by atoms with Crippen LogP contribution in [0.2, 0.25) is 0 Å². The largest absolute Gasteiger partial charge is 0.380 e. The van der Waals surface area contributed by atoms with Crippen molar-refractivity contribution < 1.29 is 26.7 Å². The summed E-state index contributed by atoms with van der Waals surface area (Å²) in [7, 11) is -2.91. The Bertz CT molecular complexity index is 678. The first-order valence-electron chi connectivity index (χ1n) is 6.08. The van der Waals surface area contributed by atoms with Crippen molar-refractivity contribution in [1.29, 1.82) is 0 Å². The molecule has 1 unspecified atom stereocenters. The van der Waals surface area contributed by atoms with Gasteiger partial charge in [0.1, 0.15) is 16.3 Å². The van der Waals surface area contributed by atoms with Gasteiger partial charge in [-0.15, -0.1) is 0 Å². The number of likely N-dealkylation sites (tertiary alicyclic amines) is 1.